The Morgan fingerprint density at radius 3 is 2.95 bits per heavy atom. The number of nitrogens with two attached hydrogens (primary N) is 1. The molecule has 3 rings (SSSR count). The number of aryl methyl sites for hydroxylation is 1. The number of carbonyl (C=O) groups excluding carboxylic acids is 1. The highest BCUT2D eigenvalue weighted by atomic mass is 35.5. The zero-order valence-electron chi connectivity index (χ0n) is 12.0. The second kappa shape index (κ2) is 6.50. The summed E-state index contributed by atoms with van der Waals surface area (Å²) in [7, 11) is 0. The fourth-order valence-corrected chi connectivity index (χ4v) is 3.73. The van der Waals surface area contributed by atoms with Gasteiger partial charge >= 0.3 is 0 Å². The molecule has 1 aromatic carbocycles. The van der Waals surface area contributed by atoms with Gasteiger partial charge in [-0.2, -0.15) is 0 Å². The predicted octanol–water partition coefficient (Wildman–Crippen LogP) is 3.91. The van der Waals surface area contributed by atoms with Crippen molar-refractivity contribution in [2.75, 3.05) is 17.2 Å². The van der Waals surface area contributed by atoms with Gasteiger partial charge in [0.2, 0.25) is 0 Å². The van der Waals surface area contributed by atoms with E-state index in [0.717, 1.165) is 53.2 Å². The van der Waals surface area contributed by atoms with Crippen molar-refractivity contribution in [3.8, 4) is 0 Å². The molecule has 0 aliphatic carbocycles. The van der Waals surface area contributed by atoms with Crippen molar-refractivity contribution < 1.29 is 4.79 Å². The number of hydrogen-bond acceptors (Lipinski definition) is 3. The molecule has 2 aromatic rings. The molecular weight excluding hydrogens is 304 g/mol. The summed E-state index contributed by atoms with van der Waals surface area (Å²) in [6.45, 7) is 2.86. The number of halogens is 1. The summed E-state index contributed by atoms with van der Waals surface area (Å²) in [4.78, 5) is 15.6. The van der Waals surface area contributed by atoms with Gasteiger partial charge < -0.3 is 10.6 Å². The number of nitrogens with zero attached hydrogens (tertiary/aromatic N) is 1. The molecule has 2 heterocycles. The molecule has 0 radical (unpaired) electrons. The van der Waals surface area contributed by atoms with Gasteiger partial charge in [0.05, 0.1) is 4.88 Å². The number of hydrogen-bond donors (Lipinski definition) is 1. The quantitative estimate of drug-likeness (QED) is 0.852. The molecule has 5 heteroatoms. The first kappa shape index (κ1) is 15.9. The summed E-state index contributed by atoms with van der Waals surface area (Å²) < 4.78 is 0. The maximum absolute atomic E-state index is 12.8. The Balaban J connectivity index is 0.00000161. The molecule has 3 nitrogen and oxygen atoms in total. The van der Waals surface area contributed by atoms with Crippen molar-refractivity contribution in [2.24, 2.45) is 0 Å². The van der Waals surface area contributed by atoms with Crippen LogP contribution in [0, 0.1) is 0 Å². The number of nitrogen functional groups attached to an aromatic ring is 1. The molecule has 21 heavy (non-hydrogen) atoms. The SMILES string of the molecule is CCc1ccsc1C(=O)N1CCCc2c(N)cccc21.Cl. The second-order valence-electron chi connectivity index (χ2n) is 5.03. The molecule has 1 aliphatic rings. The topological polar surface area (TPSA) is 46.3 Å². The lowest BCUT2D eigenvalue weighted by Crippen LogP contribution is -2.35. The third kappa shape index (κ3) is 2.78. The largest absolute Gasteiger partial charge is 0.398 e. The van der Waals surface area contributed by atoms with Crippen LogP contribution < -0.4 is 10.6 Å². The maximum atomic E-state index is 12.8. The Kier molecular flexibility index (Phi) is 4.91. The van der Waals surface area contributed by atoms with E-state index < -0.39 is 0 Å². The normalized spacial score (nSPS) is 13.5. The standard InChI is InChI=1S/C16H18N2OS.ClH/c1-2-11-8-10-20-15(11)16(19)18-9-4-5-12-13(17)6-3-7-14(12)18;/h3,6-8,10H,2,4-5,9,17H2,1H3;1H. The molecule has 0 unspecified atom stereocenters. The van der Waals surface area contributed by atoms with Gasteiger partial charge in [-0.1, -0.05) is 13.0 Å². The van der Waals surface area contributed by atoms with Crippen LogP contribution in [0.5, 0.6) is 0 Å². The van der Waals surface area contributed by atoms with E-state index in [1.165, 1.54) is 11.3 Å². The molecule has 1 aliphatic heterocycles. The van der Waals surface area contributed by atoms with Crippen LogP contribution >= 0.6 is 23.7 Å². The summed E-state index contributed by atoms with van der Waals surface area (Å²) in [6.07, 6.45) is 2.82. The van der Waals surface area contributed by atoms with E-state index in [1.54, 1.807) is 0 Å². The number of anilines is 2. The van der Waals surface area contributed by atoms with Gasteiger partial charge in [0.1, 0.15) is 0 Å². The van der Waals surface area contributed by atoms with Gasteiger partial charge in [0.15, 0.2) is 0 Å². The highest BCUT2D eigenvalue weighted by molar-refractivity contribution is 7.12. The van der Waals surface area contributed by atoms with Crippen LogP contribution in [0.15, 0.2) is 29.6 Å². The molecule has 0 saturated heterocycles. The highest BCUT2D eigenvalue weighted by Crippen LogP contribution is 2.33. The molecule has 0 bridgehead atoms. The summed E-state index contributed by atoms with van der Waals surface area (Å²) >= 11 is 1.53. The van der Waals surface area contributed by atoms with E-state index >= 15 is 0 Å². The lowest BCUT2D eigenvalue weighted by Gasteiger charge is -2.30. The maximum Gasteiger partial charge on any atom is 0.268 e. The van der Waals surface area contributed by atoms with Crippen LogP contribution in [0.4, 0.5) is 11.4 Å². The van der Waals surface area contributed by atoms with Crippen LogP contribution in [0.2, 0.25) is 0 Å². The van der Waals surface area contributed by atoms with Gasteiger partial charge in [0, 0.05) is 17.9 Å². The first-order chi connectivity index (χ1) is 9.72. The Bertz CT molecular complexity index is 653. The number of carbonyl (C=O) groups is 1. The minimum absolute atomic E-state index is 0. The lowest BCUT2D eigenvalue weighted by atomic mass is 9.99. The van der Waals surface area contributed by atoms with E-state index in [9.17, 15) is 4.79 Å². The number of benzene rings is 1. The van der Waals surface area contributed by atoms with E-state index in [1.807, 2.05) is 34.5 Å². The molecule has 1 aromatic heterocycles. The smallest absolute Gasteiger partial charge is 0.268 e. The van der Waals surface area contributed by atoms with Crippen LogP contribution in [-0.4, -0.2) is 12.5 Å². The molecule has 0 spiro atoms. The summed E-state index contributed by atoms with van der Waals surface area (Å²) in [5.74, 6) is 0.114. The number of thiophene rings is 1. The van der Waals surface area contributed by atoms with Crippen molar-refractivity contribution in [1.82, 2.24) is 0 Å². The van der Waals surface area contributed by atoms with Crippen LogP contribution in [0.1, 0.15) is 34.1 Å². The van der Waals surface area contributed by atoms with Gasteiger partial charge in [0.25, 0.3) is 5.91 Å². The fourth-order valence-electron chi connectivity index (χ4n) is 2.79. The summed E-state index contributed by atoms with van der Waals surface area (Å²) in [5.41, 5.74) is 10.1. The van der Waals surface area contributed by atoms with Crippen LogP contribution in [-0.2, 0) is 12.8 Å². The lowest BCUT2D eigenvalue weighted by molar-refractivity contribution is 0.0988. The van der Waals surface area contributed by atoms with Gasteiger partial charge in [-0.15, -0.1) is 23.7 Å². The average Bonchev–Trinajstić information content (AvgIpc) is 2.95. The van der Waals surface area contributed by atoms with E-state index in [-0.39, 0.29) is 18.3 Å². The monoisotopic (exact) mass is 322 g/mol. The van der Waals surface area contributed by atoms with Crippen molar-refractivity contribution in [1.29, 1.82) is 0 Å². The highest BCUT2D eigenvalue weighted by Gasteiger charge is 2.26. The second-order valence-corrected chi connectivity index (χ2v) is 5.95. The minimum atomic E-state index is 0. The van der Waals surface area contributed by atoms with Crippen molar-refractivity contribution >= 4 is 41.0 Å². The summed E-state index contributed by atoms with van der Waals surface area (Å²) in [6, 6.07) is 7.88. The van der Waals surface area contributed by atoms with Gasteiger partial charge in [-0.3, -0.25) is 4.79 Å². The summed E-state index contributed by atoms with van der Waals surface area (Å²) in [5, 5.41) is 2.00. The van der Waals surface area contributed by atoms with E-state index in [4.69, 9.17) is 5.73 Å². The first-order valence-electron chi connectivity index (χ1n) is 6.98. The Labute approximate surface area is 135 Å². The van der Waals surface area contributed by atoms with Gasteiger partial charge in [-0.05, 0) is 54.0 Å². The molecule has 2 N–H and O–H groups in total. The molecule has 1 amide bonds. The number of rotatable bonds is 2. The third-order valence-electron chi connectivity index (χ3n) is 3.85. The Morgan fingerprint density at radius 2 is 2.19 bits per heavy atom. The Morgan fingerprint density at radius 1 is 1.38 bits per heavy atom. The van der Waals surface area contributed by atoms with Crippen molar-refractivity contribution in [3.63, 3.8) is 0 Å². The number of amides is 1. The zero-order valence-corrected chi connectivity index (χ0v) is 13.6. The molecular formula is C16H19ClN2OS. The zero-order chi connectivity index (χ0) is 14.1. The molecule has 112 valence electrons. The molecule has 0 atom stereocenters. The van der Waals surface area contributed by atoms with Crippen LogP contribution in [0.3, 0.4) is 0 Å². The molecule has 0 saturated carbocycles. The Hall–Kier alpha value is -1.52. The van der Waals surface area contributed by atoms with Crippen molar-refractivity contribution in [3.05, 3.63) is 45.6 Å². The first-order valence-corrected chi connectivity index (χ1v) is 7.86. The fraction of sp³-hybridized carbons (Fsp3) is 0.312. The van der Waals surface area contributed by atoms with E-state index in [2.05, 4.69) is 6.92 Å². The van der Waals surface area contributed by atoms with Crippen LogP contribution in [0.25, 0.3) is 0 Å². The van der Waals surface area contributed by atoms with E-state index in [0.29, 0.717) is 0 Å². The predicted molar refractivity (Wildman–Crippen MR) is 91.8 cm³/mol. The molecule has 0 fully saturated rings. The minimum Gasteiger partial charge on any atom is -0.398 e. The number of fused-ring (bicyclic) bond motifs is 1. The average molecular weight is 323 g/mol. The third-order valence-corrected chi connectivity index (χ3v) is 4.80. The van der Waals surface area contributed by atoms with Gasteiger partial charge in [-0.25, -0.2) is 0 Å². The van der Waals surface area contributed by atoms with Crippen molar-refractivity contribution in [2.45, 2.75) is 26.2 Å².